The van der Waals surface area contributed by atoms with Gasteiger partial charge in [0.1, 0.15) is 24.4 Å². The summed E-state index contributed by atoms with van der Waals surface area (Å²) >= 11 is 0. The van der Waals surface area contributed by atoms with Crippen LogP contribution in [0.3, 0.4) is 0 Å². The SMILES string of the molecule is C=C(CO[C@@H]1O[C@H](CO)[C@@H](O)[C@@H](O)[C@H]1O)C(O)CO. The molecule has 6 N–H and O–H groups in total. The van der Waals surface area contributed by atoms with Gasteiger partial charge in [-0.05, 0) is 5.57 Å². The van der Waals surface area contributed by atoms with Crippen LogP contribution in [0.25, 0.3) is 0 Å². The van der Waals surface area contributed by atoms with Gasteiger partial charge in [-0.15, -0.1) is 0 Å². The molecule has 1 unspecified atom stereocenters. The van der Waals surface area contributed by atoms with E-state index in [0.29, 0.717) is 0 Å². The Labute approximate surface area is 110 Å². The average molecular weight is 280 g/mol. The van der Waals surface area contributed by atoms with E-state index in [4.69, 9.17) is 19.7 Å². The predicted molar refractivity (Wildman–Crippen MR) is 62.0 cm³/mol. The number of hydrogen-bond acceptors (Lipinski definition) is 8. The third kappa shape index (κ3) is 3.94. The minimum Gasteiger partial charge on any atom is -0.394 e. The van der Waals surface area contributed by atoms with Crippen LogP contribution in [0.4, 0.5) is 0 Å². The van der Waals surface area contributed by atoms with Crippen molar-refractivity contribution in [1.29, 1.82) is 0 Å². The van der Waals surface area contributed by atoms with Crippen molar-refractivity contribution in [2.45, 2.75) is 36.8 Å². The standard InChI is InChI=1S/C11H20O8/c1-5(6(14)2-12)4-18-11-10(17)9(16)8(15)7(3-13)19-11/h6-17H,1-4H2/t6?,7-,8-,9-,10-,11-/m1/s1. The molecule has 1 fully saturated rings. The van der Waals surface area contributed by atoms with Gasteiger partial charge in [-0.1, -0.05) is 6.58 Å². The molecule has 0 bridgehead atoms. The Balaban J connectivity index is 2.55. The second-order valence-corrected chi connectivity index (χ2v) is 4.36. The van der Waals surface area contributed by atoms with Crippen LogP contribution in [0.1, 0.15) is 0 Å². The molecule has 0 saturated carbocycles. The first-order valence-electron chi connectivity index (χ1n) is 5.81. The van der Waals surface area contributed by atoms with Crippen LogP contribution in [0.15, 0.2) is 12.2 Å². The van der Waals surface area contributed by atoms with Crippen LogP contribution < -0.4 is 0 Å². The van der Waals surface area contributed by atoms with E-state index >= 15 is 0 Å². The largest absolute Gasteiger partial charge is 0.394 e. The molecule has 1 aliphatic rings. The first-order valence-corrected chi connectivity index (χ1v) is 5.81. The van der Waals surface area contributed by atoms with E-state index in [1.54, 1.807) is 0 Å². The van der Waals surface area contributed by atoms with Gasteiger partial charge in [0.05, 0.1) is 25.9 Å². The van der Waals surface area contributed by atoms with E-state index in [-0.39, 0.29) is 12.2 Å². The molecule has 0 radical (unpaired) electrons. The van der Waals surface area contributed by atoms with E-state index in [0.717, 1.165) is 0 Å². The van der Waals surface area contributed by atoms with Crippen molar-refractivity contribution in [1.82, 2.24) is 0 Å². The van der Waals surface area contributed by atoms with Crippen LogP contribution in [0, 0.1) is 0 Å². The van der Waals surface area contributed by atoms with Gasteiger partial charge in [-0.25, -0.2) is 0 Å². The molecule has 1 rings (SSSR count). The van der Waals surface area contributed by atoms with Gasteiger partial charge in [-0.2, -0.15) is 0 Å². The molecule has 6 atom stereocenters. The normalized spacial score (nSPS) is 37.1. The van der Waals surface area contributed by atoms with Gasteiger partial charge in [0, 0.05) is 0 Å². The molecule has 0 spiro atoms. The summed E-state index contributed by atoms with van der Waals surface area (Å²) in [5, 5.41) is 55.6. The van der Waals surface area contributed by atoms with Crippen LogP contribution >= 0.6 is 0 Å². The smallest absolute Gasteiger partial charge is 0.187 e. The lowest BCUT2D eigenvalue weighted by molar-refractivity contribution is -0.299. The van der Waals surface area contributed by atoms with Crippen molar-refractivity contribution < 1.29 is 40.1 Å². The van der Waals surface area contributed by atoms with Crippen molar-refractivity contribution in [3.05, 3.63) is 12.2 Å². The van der Waals surface area contributed by atoms with E-state index in [9.17, 15) is 20.4 Å². The summed E-state index contributed by atoms with van der Waals surface area (Å²) in [6, 6.07) is 0. The molecule has 0 aromatic heterocycles. The highest BCUT2D eigenvalue weighted by molar-refractivity contribution is 5.02. The first-order chi connectivity index (χ1) is 8.92. The molecule has 1 heterocycles. The van der Waals surface area contributed by atoms with Gasteiger partial charge in [0.25, 0.3) is 0 Å². The zero-order chi connectivity index (χ0) is 14.6. The lowest BCUT2D eigenvalue weighted by Gasteiger charge is -2.39. The second-order valence-electron chi connectivity index (χ2n) is 4.36. The Bertz CT molecular complexity index is 294. The monoisotopic (exact) mass is 280 g/mol. The van der Waals surface area contributed by atoms with Crippen LogP contribution in [-0.4, -0.2) is 87.3 Å². The minimum atomic E-state index is -1.52. The third-order valence-electron chi connectivity index (χ3n) is 2.93. The number of rotatable bonds is 6. The van der Waals surface area contributed by atoms with E-state index in [2.05, 4.69) is 6.58 Å². The van der Waals surface area contributed by atoms with E-state index in [1.807, 2.05) is 0 Å². The van der Waals surface area contributed by atoms with Crippen molar-refractivity contribution in [2.75, 3.05) is 19.8 Å². The van der Waals surface area contributed by atoms with Crippen molar-refractivity contribution in [3.63, 3.8) is 0 Å². The Morgan fingerprint density at radius 3 is 2.32 bits per heavy atom. The molecule has 8 nitrogen and oxygen atoms in total. The quantitative estimate of drug-likeness (QED) is 0.278. The van der Waals surface area contributed by atoms with E-state index in [1.165, 1.54) is 0 Å². The Morgan fingerprint density at radius 2 is 1.79 bits per heavy atom. The molecule has 8 heteroatoms. The first kappa shape index (κ1) is 16.5. The molecule has 1 saturated heterocycles. The van der Waals surface area contributed by atoms with Crippen LogP contribution in [0.5, 0.6) is 0 Å². The number of aliphatic hydroxyl groups is 6. The summed E-state index contributed by atoms with van der Waals surface area (Å²) in [4.78, 5) is 0. The summed E-state index contributed by atoms with van der Waals surface area (Å²) in [5.74, 6) is 0. The zero-order valence-corrected chi connectivity index (χ0v) is 10.3. The maximum absolute atomic E-state index is 9.65. The molecular formula is C11H20O8. The Kier molecular flexibility index (Phi) is 6.30. The number of aliphatic hydroxyl groups excluding tert-OH is 6. The highest BCUT2D eigenvalue weighted by atomic mass is 16.7. The average Bonchev–Trinajstić information content (AvgIpc) is 2.42. The molecule has 1 aliphatic heterocycles. The maximum Gasteiger partial charge on any atom is 0.187 e. The van der Waals surface area contributed by atoms with E-state index < -0.39 is 50.0 Å². The fourth-order valence-electron chi connectivity index (χ4n) is 1.62. The summed E-state index contributed by atoms with van der Waals surface area (Å²) in [6.07, 6.45) is -7.97. The molecule has 0 aliphatic carbocycles. The Morgan fingerprint density at radius 1 is 1.16 bits per heavy atom. The second kappa shape index (κ2) is 7.27. The summed E-state index contributed by atoms with van der Waals surface area (Å²) in [7, 11) is 0. The molecular weight excluding hydrogens is 260 g/mol. The molecule has 0 aromatic rings. The number of ether oxygens (including phenoxy) is 2. The van der Waals surface area contributed by atoms with Gasteiger partial charge in [-0.3, -0.25) is 0 Å². The van der Waals surface area contributed by atoms with Crippen LogP contribution in [-0.2, 0) is 9.47 Å². The number of hydrogen-bond donors (Lipinski definition) is 6. The predicted octanol–water partition coefficient (Wildman–Crippen LogP) is -3.29. The fraction of sp³-hybridized carbons (Fsp3) is 0.818. The van der Waals surface area contributed by atoms with Crippen molar-refractivity contribution >= 4 is 0 Å². The third-order valence-corrected chi connectivity index (χ3v) is 2.93. The lowest BCUT2D eigenvalue weighted by atomic mass is 9.99. The zero-order valence-electron chi connectivity index (χ0n) is 10.3. The molecule has 19 heavy (non-hydrogen) atoms. The van der Waals surface area contributed by atoms with Crippen molar-refractivity contribution in [2.24, 2.45) is 0 Å². The fourth-order valence-corrected chi connectivity index (χ4v) is 1.62. The minimum absolute atomic E-state index is 0.166. The highest BCUT2D eigenvalue weighted by Crippen LogP contribution is 2.22. The molecule has 0 aromatic carbocycles. The molecule has 0 amide bonds. The van der Waals surface area contributed by atoms with Gasteiger partial charge in [0.2, 0.25) is 0 Å². The topological polar surface area (TPSA) is 140 Å². The lowest BCUT2D eigenvalue weighted by Crippen LogP contribution is -2.59. The Hall–Kier alpha value is -0.580. The summed E-state index contributed by atoms with van der Waals surface area (Å²) < 4.78 is 10.2. The summed E-state index contributed by atoms with van der Waals surface area (Å²) in [6.45, 7) is 2.19. The van der Waals surface area contributed by atoms with Crippen molar-refractivity contribution in [3.8, 4) is 0 Å². The maximum atomic E-state index is 9.65. The molecule has 112 valence electrons. The highest BCUT2D eigenvalue weighted by Gasteiger charge is 2.44. The van der Waals surface area contributed by atoms with Crippen LogP contribution in [0.2, 0.25) is 0 Å². The van der Waals surface area contributed by atoms with Gasteiger partial charge < -0.3 is 40.1 Å². The van der Waals surface area contributed by atoms with Gasteiger partial charge >= 0.3 is 0 Å². The summed E-state index contributed by atoms with van der Waals surface area (Å²) in [5.41, 5.74) is 0.166. The van der Waals surface area contributed by atoms with Gasteiger partial charge in [0.15, 0.2) is 6.29 Å².